The van der Waals surface area contributed by atoms with Crippen LogP contribution in [0.4, 0.5) is 0 Å². The molecule has 0 aliphatic heterocycles. The number of carboxylic acid groups (broad SMARTS) is 1. The second-order valence-corrected chi connectivity index (χ2v) is 3.22. The third kappa shape index (κ3) is 1.69. The lowest BCUT2D eigenvalue weighted by Crippen LogP contribution is -1.94. The van der Waals surface area contributed by atoms with Crippen LogP contribution in [-0.4, -0.2) is 21.2 Å². The van der Waals surface area contributed by atoms with Gasteiger partial charge in [-0.3, -0.25) is 0 Å². The van der Waals surface area contributed by atoms with Crippen molar-refractivity contribution in [3.63, 3.8) is 0 Å². The van der Waals surface area contributed by atoms with E-state index in [1.165, 1.54) is 25.1 Å². The number of carbonyl (C=O) groups is 1. The Bertz CT molecular complexity index is 515. The van der Waals surface area contributed by atoms with Crippen LogP contribution in [0.3, 0.4) is 0 Å². The standard InChI is InChI=1S/C10H9NO4/c1-5(12)9-11-7-4-6(10(13)14)2-3-8(7)15-9/h2-5,12H,1H3,(H,13,14)/t5-/m0/s1. The quantitative estimate of drug-likeness (QED) is 0.781. The zero-order valence-electron chi connectivity index (χ0n) is 7.97. The minimum Gasteiger partial charge on any atom is -0.478 e. The van der Waals surface area contributed by atoms with Crippen molar-refractivity contribution < 1.29 is 19.4 Å². The van der Waals surface area contributed by atoms with Crippen molar-refractivity contribution in [2.24, 2.45) is 0 Å². The van der Waals surface area contributed by atoms with E-state index < -0.39 is 12.1 Å². The van der Waals surface area contributed by atoms with Crippen molar-refractivity contribution in [1.82, 2.24) is 4.98 Å². The van der Waals surface area contributed by atoms with Crippen molar-refractivity contribution in [3.05, 3.63) is 29.7 Å². The largest absolute Gasteiger partial charge is 0.478 e. The van der Waals surface area contributed by atoms with Crippen LogP contribution in [-0.2, 0) is 0 Å². The van der Waals surface area contributed by atoms with Crippen molar-refractivity contribution in [2.45, 2.75) is 13.0 Å². The molecule has 0 saturated carbocycles. The van der Waals surface area contributed by atoms with E-state index >= 15 is 0 Å². The van der Waals surface area contributed by atoms with Crippen LogP contribution in [0.2, 0.25) is 0 Å². The van der Waals surface area contributed by atoms with Gasteiger partial charge < -0.3 is 14.6 Å². The summed E-state index contributed by atoms with van der Waals surface area (Å²) in [4.78, 5) is 14.7. The fraction of sp³-hybridized carbons (Fsp3) is 0.200. The average Bonchev–Trinajstić information content (AvgIpc) is 2.59. The molecule has 0 aliphatic rings. The molecule has 2 rings (SSSR count). The van der Waals surface area contributed by atoms with Gasteiger partial charge in [-0.05, 0) is 25.1 Å². The van der Waals surface area contributed by atoms with Gasteiger partial charge in [0.2, 0.25) is 5.89 Å². The minimum absolute atomic E-state index is 0.146. The maximum absolute atomic E-state index is 10.7. The Morgan fingerprint density at radius 2 is 2.27 bits per heavy atom. The molecule has 1 heterocycles. The third-order valence-corrected chi connectivity index (χ3v) is 2.01. The van der Waals surface area contributed by atoms with Gasteiger partial charge in [0, 0.05) is 0 Å². The first-order chi connectivity index (χ1) is 7.08. The summed E-state index contributed by atoms with van der Waals surface area (Å²) in [5.41, 5.74) is 1.05. The first-order valence-electron chi connectivity index (χ1n) is 4.40. The Labute approximate surface area is 85.0 Å². The maximum Gasteiger partial charge on any atom is 0.335 e. The second kappa shape index (κ2) is 3.36. The van der Waals surface area contributed by atoms with Gasteiger partial charge >= 0.3 is 5.97 Å². The lowest BCUT2D eigenvalue weighted by atomic mass is 10.2. The highest BCUT2D eigenvalue weighted by atomic mass is 16.4. The summed E-state index contributed by atoms with van der Waals surface area (Å²) in [6.07, 6.45) is -0.800. The highest BCUT2D eigenvalue weighted by molar-refractivity contribution is 5.91. The number of hydrogen-bond donors (Lipinski definition) is 2. The fourth-order valence-corrected chi connectivity index (χ4v) is 1.26. The summed E-state index contributed by atoms with van der Waals surface area (Å²) in [5, 5.41) is 18.0. The van der Waals surface area contributed by atoms with Gasteiger partial charge in [-0.15, -0.1) is 0 Å². The number of hydrogen-bond acceptors (Lipinski definition) is 4. The van der Waals surface area contributed by atoms with E-state index in [0.717, 1.165) is 0 Å². The molecule has 0 saturated heterocycles. The molecule has 0 fully saturated rings. The predicted molar refractivity (Wildman–Crippen MR) is 51.6 cm³/mol. The number of aliphatic hydroxyl groups excluding tert-OH is 1. The second-order valence-electron chi connectivity index (χ2n) is 3.22. The molecule has 5 heteroatoms. The molecular formula is C10H9NO4. The number of nitrogens with zero attached hydrogens (tertiary/aromatic N) is 1. The Balaban J connectivity index is 2.57. The van der Waals surface area contributed by atoms with Gasteiger partial charge in [0.1, 0.15) is 11.6 Å². The van der Waals surface area contributed by atoms with Crippen molar-refractivity contribution in [3.8, 4) is 0 Å². The number of aromatic nitrogens is 1. The highest BCUT2D eigenvalue weighted by Crippen LogP contribution is 2.20. The van der Waals surface area contributed by atoms with Crippen LogP contribution in [0.25, 0.3) is 11.1 Å². The fourth-order valence-electron chi connectivity index (χ4n) is 1.26. The number of rotatable bonds is 2. The van der Waals surface area contributed by atoms with E-state index in [1.54, 1.807) is 0 Å². The molecule has 0 unspecified atom stereocenters. The molecule has 15 heavy (non-hydrogen) atoms. The van der Waals surface area contributed by atoms with Gasteiger partial charge in [0.25, 0.3) is 0 Å². The first kappa shape index (κ1) is 9.67. The SMILES string of the molecule is C[C@H](O)c1nc2cc(C(=O)O)ccc2o1. The monoisotopic (exact) mass is 207 g/mol. The van der Waals surface area contributed by atoms with Gasteiger partial charge in [-0.1, -0.05) is 0 Å². The van der Waals surface area contributed by atoms with Crippen LogP contribution in [0.1, 0.15) is 29.3 Å². The van der Waals surface area contributed by atoms with Gasteiger partial charge in [-0.25, -0.2) is 9.78 Å². The predicted octanol–water partition coefficient (Wildman–Crippen LogP) is 1.58. The van der Waals surface area contributed by atoms with Crippen molar-refractivity contribution in [2.75, 3.05) is 0 Å². The number of aromatic carboxylic acids is 1. The molecule has 2 aromatic rings. The van der Waals surface area contributed by atoms with E-state index in [2.05, 4.69) is 4.98 Å². The lowest BCUT2D eigenvalue weighted by Gasteiger charge is -1.93. The summed E-state index contributed by atoms with van der Waals surface area (Å²) < 4.78 is 5.21. The molecule has 2 N–H and O–H groups in total. The molecule has 1 aromatic heterocycles. The molecule has 0 amide bonds. The van der Waals surface area contributed by atoms with E-state index in [-0.39, 0.29) is 11.5 Å². The molecule has 0 bridgehead atoms. The minimum atomic E-state index is -1.02. The average molecular weight is 207 g/mol. The lowest BCUT2D eigenvalue weighted by molar-refractivity contribution is 0.0697. The Morgan fingerprint density at radius 1 is 1.53 bits per heavy atom. The number of aliphatic hydroxyl groups is 1. The summed E-state index contributed by atoms with van der Waals surface area (Å²) in [6, 6.07) is 4.37. The van der Waals surface area contributed by atoms with E-state index in [1.807, 2.05) is 0 Å². The van der Waals surface area contributed by atoms with Gasteiger partial charge in [0.05, 0.1) is 5.56 Å². The zero-order chi connectivity index (χ0) is 11.0. The number of fused-ring (bicyclic) bond motifs is 1. The zero-order valence-corrected chi connectivity index (χ0v) is 7.97. The number of benzene rings is 1. The van der Waals surface area contributed by atoms with Crippen LogP contribution in [0.5, 0.6) is 0 Å². The Hall–Kier alpha value is -1.88. The Morgan fingerprint density at radius 3 is 2.87 bits per heavy atom. The summed E-state index contributed by atoms with van der Waals surface area (Å²) in [6.45, 7) is 1.53. The third-order valence-electron chi connectivity index (χ3n) is 2.01. The molecule has 0 aliphatic carbocycles. The molecule has 1 aromatic carbocycles. The smallest absolute Gasteiger partial charge is 0.335 e. The number of oxazole rings is 1. The van der Waals surface area contributed by atoms with Crippen LogP contribution >= 0.6 is 0 Å². The number of carboxylic acids is 1. The maximum atomic E-state index is 10.7. The molecule has 5 nitrogen and oxygen atoms in total. The van der Waals surface area contributed by atoms with E-state index in [4.69, 9.17) is 9.52 Å². The van der Waals surface area contributed by atoms with Crippen LogP contribution in [0, 0.1) is 0 Å². The van der Waals surface area contributed by atoms with Crippen molar-refractivity contribution >= 4 is 17.1 Å². The molecule has 0 spiro atoms. The topological polar surface area (TPSA) is 83.6 Å². The molecule has 0 radical (unpaired) electrons. The van der Waals surface area contributed by atoms with Crippen molar-refractivity contribution in [1.29, 1.82) is 0 Å². The Kier molecular flexibility index (Phi) is 2.17. The summed E-state index contributed by atoms with van der Waals surface area (Å²) in [5.74, 6) is -0.828. The molecule has 78 valence electrons. The van der Waals surface area contributed by atoms with Crippen LogP contribution < -0.4 is 0 Å². The van der Waals surface area contributed by atoms with Gasteiger partial charge in [0.15, 0.2) is 5.58 Å². The molecule has 1 atom stereocenters. The molecular weight excluding hydrogens is 198 g/mol. The van der Waals surface area contributed by atoms with Crippen LogP contribution in [0.15, 0.2) is 22.6 Å². The highest BCUT2D eigenvalue weighted by Gasteiger charge is 2.12. The first-order valence-corrected chi connectivity index (χ1v) is 4.40. The normalized spacial score (nSPS) is 12.9. The van der Waals surface area contributed by atoms with Gasteiger partial charge in [-0.2, -0.15) is 0 Å². The van der Waals surface area contributed by atoms with E-state index in [9.17, 15) is 9.90 Å². The van der Waals surface area contributed by atoms with E-state index in [0.29, 0.717) is 11.1 Å². The summed E-state index contributed by atoms with van der Waals surface area (Å²) >= 11 is 0. The summed E-state index contributed by atoms with van der Waals surface area (Å²) in [7, 11) is 0.